The zero-order valence-electron chi connectivity index (χ0n) is 23.1. The Hall–Kier alpha value is -3.24. The highest BCUT2D eigenvalue weighted by molar-refractivity contribution is 8.00. The van der Waals surface area contributed by atoms with E-state index in [0.29, 0.717) is 24.2 Å². The van der Waals surface area contributed by atoms with Crippen LogP contribution < -0.4 is 4.90 Å². The Morgan fingerprint density at radius 2 is 1.73 bits per heavy atom. The van der Waals surface area contributed by atoms with Gasteiger partial charge in [-0.2, -0.15) is 0 Å². The number of carbonyl (C=O) groups excluding carboxylic acids is 4. The van der Waals surface area contributed by atoms with E-state index in [2.05, 4.69) is 0 Å². The molecular weight excluding hydrogens is 576 g/mol. The molecule has 2 amide bonds. The lowest BCUT2D eigenvalue weighted by Gasteiger charge is -2.27. The number of imide groups is 1. The number of methoxy groups -OCH3 is 1. The molecule has 7 nitrogen and oxygen atoms in total. The Kier molecular flexibility index (Phi) is 11.9. The van der Waals surface area contributed by atoms with Crippen molar-refractivity contribution in [1.82, 2.24) is 0 Å². The van der Waals surface area contributed by atoms with Crippen LogP contribution in [0.3, 0.4) is 0 Å². The van der Waals surface area contributed by atoms with Gasteiger partial charge in [-0.05, 0) is 69.4 Å². The second-order valence-corrected chi connectivity index (χ2v) is 11.3. The summed E-state index contributed by atoms with van der Waals surface area (Å²) in [4.78, 5) is 53.6. The molecule has 2 aromatic rings. The van der Waals surface area contributed by atoms with Gasteiger partial charge in [0.25, 0.3) is 11.8 Å². The Balaban J connectivity index is 2.12. The van der Waals surface area contributed by atoms with Crippen molar-refractivity contribution in [3.63, 3.8) is 0 Å². The molecule has 0 radical (unpaired) electrons. The molecule has 11 heteroatoms. The molecule has 1 atom stereocenters. The summed E-state index contributed by atoms with van der Waals surface area (Å²) >= 11 is 7.21. The predicted octanol–water partition coefficient (Wildman–Crippen LogP) is 7.05. The topological polar surface area (TPSA) is 90.0 Å². The number of thioether (sulfide) groups is 1. The lowest BCUT2D eigenvalue weighted by atomic mass is 9.90. The highest BCUT2D eigenvalue weighted by atomic mass is 35.5. The second-order valence-electron chi connectivity index (χ2n) is 9.48. The molecule has 0 N–H and O–H groups in total. The molecule has 2 aromatic carbocycles. The summed E-state index contributed by atoms with van der Waals surface area (Å²) in [5.41, 5.74) is -0.488. The van der Waals surface area contributed by atoms with Crippen molar-refractivity contribution in [3.05, 3.63) is 69.8 Å². The van der Waals surface area contributed by atoms with Gasteiger partial charge in [-0.3, -0.25) is 14.4 Å². The number of nitrogens with zero attached hydrogens (tertiary/aromatic N) is 1. The molecule has 220 valence electrons. The third kappa shape index (κ3) is 8.16. The smallest absolute Gasteiger partial charge is 0.334 e. The highest BCUT2D eigenvalue weighted by Gasteiger charge is 2.35. The number of hydrogen-bond donors (Lipinski definition) is 0. The average Bonchev–Trinajstić information content (AvgIpc) is 2.96. The number of halogens is 3. The fraction of sp³-hybridized carbons (Fsp3) is 0.400. The zero-order valence-corrected chi connectivity index (χ0v) is 24.7. The molecule has 3 rings (SSSR count). The standard InChI is InChI=1S/C30H32ClF2NO6S/c1-4-5-8-14-40-30(38)22-13-7-6-12-21(22)28(36)34(27(35)19-10-9-11-20(32)15-19)25-17-26(23(31)16-24(25)33)41-18(2)29(37)39-3/h9-11,15-18H,4-8,12-14H2,1-3H3. The first-order valence-electron chi connectivity index (χ1n) is 13.4. The molecule has 0 aromatic heterocycles. The quantitative estimate of drug-likeness (QED) is 0.117. The van der Waals surface area contributed by atoms with E-state index in [1.165, 1.54) is 25.3 Å². The third-order valence-electron chi connectivity index (χ3n) is 6.51. The van der Waals surface area contributed by atoms with Crippen molar-refractivity contribution >= 4 is 52.8 Å². The van der Waals surface area contributed by atoms with Crippen LogP contribution in [0.25, 0.3) is 0 Å². The summed E-state index contributed by atoms with van der Waals surface area (Å²) in [6, 6.07) is 6.77. The van der Waals surface area contributed by atoms with Gasteiger partial charge in [-0.15, -0.1) is 11.8 Å². The summed E-state index contributed by atoms with van der Waals surface area (Å²) in [5, 5.41) is -0.792. The van der Waals surface area contributed by atoms with Crippen molar-refractivity contribution in [3.8, 4) is 0 Å². The number of hydrogen-bond acceptors (Lipinski definition) is 7. The normalized spacial score (nSPS) is 13.9. The van der Waals surface area contributed by atoms with Crippen LogP contribution in [0.5, 0.6) is 0 Å². The van der Waals surface area contributed by atoms with Crippen LogP contribution in [0.15, 0.2) is 52.4 Å². The predicted molar refractivity (Wildman–Crippen MR) is 153 cm³/mol. The molecular formula is C30H32ClF2NO6S. The summed E-state index contributed by atoms with van der Waals surface area (Å²) < 4.78 is 39.7. The summed E-state index contributed by atoms with van der Waals surface area (Å²) in [7, 11) is 1.22. The number of carbonyl (C=O) groups is 4. The number of amides is 2. The maximum atomic E-state index is 15.5. The van der Waals surface area contributed by atoms with Crippen LogP contribution >= 0.6 is 23.4 Å². The molecule has 0 saturated heterocycles. The Bertz CT molecular complexity index is 1350. The van der Waals surface area contributed by atoms with Crippen molar-refractivity contribution in [2.24, 2.45) is 0 Å². The minimum absolute atomic E-state index is 0.0352. The van der Waals surface area contributed by atoms with Gasteiger partial charge >= 0.3 is 11.9 Å². The third-order valence-corrected chi connectivity index (χ3v) is 8.07. The fourth-order valence-electron chi connectivity index (χ4n) is 4.35. The van der Waals surface area contributed by atoms with E-state index in [9.17, 15) is 23.6 Å². The Labute approximate surface area is 247 Å². The average molecular weight is 608 g/mol. The van der Waals surface area contributed by atoms with E-state index >= 15 is 4.39 Å². The molecule has 41 heavy (non-hydrogen) atoms. The van der Waals surface area contributed by atoms with Crippen LogP contribution in [0.2, 0.25) is 5.02 Å². The fourth-order valence-corrected chi connectivity index (χ4v) is 5.56. The van der Waals surface area contributed by atoms with Crippen molar-refractivity contribution in [2.45, 2.75) is 68.9 Å². The van der Waals surface area contributed by atoms with E-state index in [1.807, 2.05) is 6.92 Å². The van der Waals surface area contributed by atoms with Crippen LogP contribution in [0.4, 0.5) is 14.5 Å². The van der Waals surface area contributed by atoms with Gasteiger partial charge in [0.05, 0.1) is 24.4 Å². The van der Waals surface area contributed by atoms with Crippen molar-refractivity contribution in [1.29, 1.82) is 0 Å². The summed E-state index contributed by atoms with van der Waals surface area (Å²) in [6.07, 6.45) is 4.11. The van der Waals surface area contributed by atoms with Gasteiger partial charge in [-0.25, -0.2) is 18.5 Å². The number of rotatable bonds is 11. The number of esters is 2. The molecule has 0 fully saturated rings. The molecule has 0 saturated carbocycles. The lowest BCUT2D eigenvalue weighted by molar-refractivity contribution is -0.140. The number of ether oxygens (including phenoxy) is 2. The van der Waals surface area contributed by atoms with Crippen LogP contribution in [-0.4, -0.2) is 42.7 Å². The van der Waals surface area contributed by atoms with Crippen molar-refractivity contribution < 1.29 is 37.4 Å². The van der Waals surface area contributed by atoms with Crippen LogP contribution in [0, 0.1) is 11.6 Å². The first-order chi connectivity index (χ1) is 19.6. The molecule has 0 aliphatic heterocycles. The SMILES string of the molecule is CCCCCOC(=O)C1=C(C(=O)N(C(=O)c2cccc(F)c2)c2cc(SC(C)C(=O)OC)c(Cl)cc2F)CCCC1. The van der Waals surface area contributed by atoms with E-state index in [1.54, 1.807) is 6.92 Å². The van der Waals surface area contributed by atoms with Crippen LogP contribution in [-0.2, 0) is 23.9 Å². The van der Waals surface area contributed by atoms with Gasteiger partial charge in [0.2, 0.25) is 0 Å². The largest absolute Gasteiger partial charge is 0.468 e. The highest BCUT2D eigenvalue weighted by Crippen LogP contribution is 2.38. The summed E-state index contributed by atoms with van der Waals surface area (Å²) in [5.74, 6) is -4.85. The maximum absolute atomic E-state index is 15.5. The minimum Gasteiger partial charge on any atom is -0.468 e. The monoisotopic (exact) mass is 607 g/mol. The number of benzene rings is 2. The van der Waals surface area contributed by atoms with Gasteiger partial charge in [-0.1, -0.05) is 37.4 Å². The van der Waals surface area contributed by atoms with E-state index < -0.39 is 46.3 Å². The Morgan fingerprint density at radius 1 is 1.02 bits per heavy atom. The molecule has 0 spiro atoms. The molecule has 0 bridgehead atoms. The number of unbranched alkanes of at least 4 members (excludes halogenated alkanes) is 2. The first kappa shape index (κ1) is 32.3. The maximum Gasteiger partial charge on any atom is 0.334 e. The summed E-state index contributed by atoms with van der Waals surface area (Å²) in [6.45, 7) is 3.76. The van der Waals surface area contributed by atoms with Gasteiger partial charge < -0.3 is 9.47 Å². The van der Waals surface area contributed by atoms with Gasteiger partial charge in [0, 0.05) is 21.6 Å². The second kappa shape index (κ2) is 15.1. The van der Waals surface area contributed by atoms with E-state index in [0.717, 1.165) is 42.8 Å². The Morgan fingerprint density at radius 3 is 2.39 bits per heavy atom. The van der Waals surface area contributed by atoms with E-state index in [4.69, 9.17) is 21.1 Å². The number of anilines is 1. The lowest BCUT2D eigenvalue weighted by Crippen LogP contribution is -2.40. The van der Waals surface area contributed by atoms with Gasteiger partial charge in [0.1, 0.15) is 16.9 Å². The van der Waals surface area contributed by atoms with Crippen LogP contribution in [0.1, 0.15) is 69.2 Å². The molecule has 1 aliphatic carbocycles. The minimum atomic E-state index is -0.999. The van der Waals surface area contributed by atoms with E-state index in [-0.39, 0.29) is 46.1 Å². The van der Waals surface area contributed by atoms with Gasteiger partial charge in [0.15, 0.2) is 0 Å². The first-order valence-corrected chi connectivity index (χ1v) is 14.6. The molecule has 1 aliphatic rings. The molecule has 0 heterocycles. The zero-order chi connectivity index (χ0) is 30.1. The molecule has 1 unspecified atom stereocenters. The van der Waals surface area contributed by atoms with Crippen molar-refractivity contribution in [2.75, 3.05) is 18.6 Å².